The smallest absolute Gasteiger partial charge is 0.104 e. The maximum Gasteiger partial charge on any atom is 0.104 e. The maximum atomic E-state index is 5.86. The Kier molecular flexibility index (Phi) is 14.7. The molecule has 0 aromatic carbocycles. The fourth-order valence-corrected chi connectivity index (χ4v) is 2.21. The molecule has 0 N–H and O–H groups in total. The van der Waals surface area contributed by atoms with E-state index >= 15 is 0 Å². The summed E-state index contributed by atoms with van der Waals surface area (Å²) in [6.45, 7) is 12.0. The van der Waals surface area contributed by atoms with E-state index in [9.17, 15) is 0 Å². The van der Waals surface area contributed by atoms with E-state index in [4.69, 9.17) is 14.2 Å². The second-order valence-electron chi connectivity index (χ2n) is 6.80. The highest BCUT2D eigenvalue weighted by atomic mass is 16.6. The molecule has 0 aromatic rings. The number of hydrogen-bond acceptors (Lipinski definition) is 3. The van der Waals surface area contributed by atoms with Crippen molar-refractivity contribution < 1.29 is 14.2 Å². The van der Waals surface area contributed by atoms with E-state index in [2.05, 4.69) is 27.7 Å². The van der Waals surface area contributed by atoms with Crippen LogP contribution < -0.4 is 0 Å². The van der Waals surface area contributed by atoms with Crippen molar-refractivity contribution in [2.24, 2.45) is 11.8 Å². The summed E-state index contributed by atoms with van der Waals surface area (Å²) in [6, 6.07) is 0. The molecule has 1 atom stereocenters. The molecule has 0 aliphatic rings. The Labute approximate surface area is 132 Å². The minimum Gasteiger partial charge on any atom is -0.382 e. The Bertz CT molecular complexity index is 205. The monoisotopic (exact) mass is 302 g/mol. The molecule has 0 saturated heterocycles. The van der Waals surface area contributed by atoms with Crippen molar-refractivity contribution in [1.29, 1.82) is 0 Å². The van der Waals surface area contributed by atoms with Crippen molar-refractivity contribution in [1.82, 2.24) is 0 Å². The van der Waals surface area contributed by atoms with Crippen LogP contribution >= 0.6 is 0 Å². The van der Waals surface area contributed by atoms with Crippen molar-refractivity contribution in [3.63, 3.8) is 0 Å². The predicted octanol–water partition coefficient (Wildman–Crippen LogP) is 4.69. The lowest BCUT2D eigenvalue weighted by atomic mass is 10.1. The third-order valence-electron chi connectivity index (χ3n) is 3.51. The zero-order chi connectivity index (χ0) is 15.9. The first kappa shape index (κ1) is 20.9. The summed E-state index contributed by atoms with van der Waals surface area (Å²) < 4.78 is 16.8. The SMILES string of the molecule is COCC(COCCCCC(C)C)OCCCCC(C)C. The molecule has 0 radical (unpaired) electrons. The number of unbranched alkanes of at least 4 members (excludes halogenated alkanes) is 2. The van der Waals surface area contributed by atoms with Crippen LogP contribution in [0.25, 0.3) is 0 Å². The molecule has 0 heterocycles. The van der Waals surface area contributed by atoms with Gasteiger partial charge in [0.2, 0.25) is 0 Å². The van der Waals surface area contributed by atoms with Gasteiger partial charge in [-0.25, -0.2) is 0 Å². The Hall–Kier alpha value is -0.120. The second kappa shape index (κ2) is 14.8. The normalized spacial score (nSPS) is 13.3. The first-order chi connectivity index (χ1) is 10.1. The summed E-state index contributed by atoms with van der Waals surface area (Å²) >= 11 is 0. The van der Waals surface area contributed by atoms with E-state index in [0.717, 1.165) is 37.9 Å². The van der Waals surface area contributed by atoms with Gasteiger partial charge in [-0.15, -0.1) is 0 Å². The molecule has 0 bridgehead atoms. The van der Waals surface area contributed by atoms with Gasteiger partial charge >= 0.3 is 0 Å². The van der Waals surface area contributed by atoms with Crippen LogP contribution in [0.5, 0.6) is 0 Å². The molecular weight excluding hydrogens is 264 g/mol. The van der Waals surface area contributed by atoms with Gasteiger partial charge in [0.15, 0.2) is 0 Å². The fraction of sp³-hybridized carbons (Fsp3) is 1.00. The van der Waals surface area contributed by atoms with Crippen LogP contribution in [0.15, 0.2) is 0 Å². The van der Waals surface area contributed by atoms with E-state index < -0.39 is 0 Å². The Morgan fingerprint density at radius 1 is 0.714 bits per heavy atom. The lowest BCUT2D eigenvalue weighted by molar-refractivity contribution is -0.0526. The van der Waals surface area contributed by atoms with E-state index in [-0.39, 0.29) is 6.10 Å². The quantitative estimate of drug-likeness (QED) is 0.411. The van der Waals surface area contributed by atoms with Gasteiger partial charge in [0.05, 0.1) is 13.2 Å². The van der Waals surface area contributed by atoms with E-state index in [1.165, 1.54) is 25.7 Å². The van der Waals surface area contributed by atoms with Crippen molar-refractivity contribution in [3.05, 3.63) is 0 Å². The molecule has 0 aliphatic carbocycles. The van der Waals surface area contributed by atoms with Crippen LogP contribution in [-0.2, 0) is 14.2 Å². The first-order valence-electron chi connectivity index (χ1n) is 8.74. The molecule has 0 fully saturated rings. The minimum absolute atomic E-state index is 0.0825. The largest absolute Gasteiger partial charge is 0.382 e. The lowest BCUT2D eigenvalue weighted by Gasteiger charge is -2.17. The van der Waals surface area contributed by atoms with Crippen LogP contribution in [0.1, 0.15) is 66.2 Å². The van der Waals surface area contributed by atoms with Crippen molar-refractivity contribution in [2.75, 3.05) is 33.5 Å². The van der Waals surface area contributed by atoms with E-state index in [0.29, 0.717) is 13.2 Å². The average molecular weight is 302 g/mol. The third-order valence-corrected chi connectivity index (χ3v) is 3.51. The maximum absolute atomic E-state index is 5.86. The molecule has 0 aromatic heterocycles. The Morgan fingerprint density at radius 2 is 1.29 bits per heavy atom. The zero-order valence-electron chi connectivity index (χ0n) is 15.0. The van der Waals surface area contributed by atoms with Crippen LogP contribution in [0, 0.1) is 11.8 Å². The minimum atomic E-state index is 0.0825. The lowest BCUT2D eigenvalue weighted by Crippen LogP contribution is -2.26. The first-order valence-corrected chi connectivity index (χ1v) is 8.74. The molecule has 128 valence electrons. The van der Waals surface area contributed by atoms with Crippen LogP contribution in [0.3, 0.4) is 0 Å². The predicted molar refractivity (Wildman–Crippen MR) is 89.8 cm³/mol. The summed E-state index contributed by atoms with van der Waals surface area (Å²) in [7, 11) is 1.72. The topological polar surface area (TPSA) is 27.7 Å². The molecule has 3 heteroatoms. The summed E-state index contributed by atoms with van der Waals surface area (Å²) in [5.41, 5.74) is 0. The standard InChI is InChI=1S/C18H38O3/c1-16(2)10-6-8-12-20-15-18(14-19-5)21-13-9-7-11-17(3)4/h16-18H,6-15H2,1-5H3. The number of rotatable bonds is 15. The molecule has 1 unspecified atom stereocenters. The molecule has 0 aliphatic heterocycles. The van der Waals surface area contributed by atoms with Crippen LogP contribution in [-0.4, -0.2) is 39.6 Å². The number of ether oxygens (including phenoxy) is 3. The number of methoxy groups -OCH3 is 1. The molecule has 0 rings (SSSR count). The third kappa shape index (κ3) is 16.1. The van der Waals surface area contributed by atoms with Gasteiger partial charge in [0, 0.05) is 20.3 Å². The molecule has 3 nitrogen and oxygen atoms in total. The van der Waals surface area contributed by atoms with Crippen LogP contribution in [0.4, 0.5) is 0 Å². The van der Waals surface area contributed by atoms with E-state index in [1.807, 2.05) is 0 Å². The summed E-state index contributed by atoms with van der Waals surface area (Å²) in [5.74, 6) is 1.58. The van der Waals surface area contributed by atoms with Gasteiger partial charge in [-0.3, -0.25) is 0 Å². The summed E-state index contributed by atoms with van der Waals surface area (Å²) in [5, 5.41) is 0. The molecular formula is C18H38O3. The van der Waals surface area contributed by atoms with Gasteiger partial charge in [0.25, 0.3) is 0 Å². The average Bonchev–Trinajstić information content (AvgIpc) is 2.41. The van der Waals surface area contributed by atoms with Crippen molar-refractivity contribution in [2.45, 2.75) is 72.3 Å². The highest BCUT2D eigenvalue weighted by Crippen LogP contribution is 2.08. The Morgan fingerprint density at radius 3 is 1.81 bits per heavy atom. The highest BCUT2D eigenvalue weighted by Gasteiger charge is 2.09. The fourth-order valence-electron chi connectivity index (χ4n) is 2.21. The zero-order valence-corrected chi connectivity index (χ0v) is 15.0. The molecule has 0 amide bonds. The van der Waals surface area contributed by atoms with Crippen LogP contribution in [0.2, 0.25) is 0 Å². The second-order valence-corrected chi connectivity index (χ2v) is 6.80. The van der Waals surface area contributed by atoms with Gasteiger partial charge < -0.3 is 14.2 Å². The molecule has 0 saturated carbocycles. The summed E-state index contributed by atoms with van der Waals surface area (Å²) in [4.78, 5) is 0. The van der Waals surface area contributed by atoms with E-state index in [1.54, 1.807) is 7.11 Å². The highest BCUT2D eigenvalue weighted by molar-refractivity contribution is 4.56. The van der Waals surface area contributed by atoms with Gasteiger partial charge in [-0.05, 0) is 24.7 Å². The molecule has 0 spiro atoms. The Balaban J connectivity index is 3.53. The van der Waals surface area contributed by atoms with Gasteiger partial charge in [-0.1, -0.05) is 53.4 Å². The molecule has 21 heavy (non-hydrogen) atoms. The van der Waals surface area contributed by atoms with Gasteiger partial charge in [-0.2, -0.15) is 0 Å². The summed E-state index contributed by atoms with van der Waals surface area (Å²) in [6.07, 6.45) is 7.43. The van der Waals surface area contributed by atoms with Gasteiger partial charge in [0.1, 0.15) is 6.10 Å². The number of hydrogen-bond donors (Lipinski definition) is 0. The van der Waals surface area contributed by atoms with Crippen molar-refractivity contribution >= 4 is 0 Å². The van der Waals surface area contributed by atoms with Crippen molar-refractivity contribution in [3.8, 4) is 0 Å².